The van der Waals surface area contributed by atoms with E-state index in [1.807, 2.05) is 6.08 Å². The van der Waals surface area contributed by atoms with Crippen molar-refractivity contribution in [3.63, 3.8) is 0 Å². The van der Waals surface area contributed by atoms with Gasteiger partial charge in [-0.2, -0.15) is 0 Å². The molecule has 0 aromatic rings. The number of amides is 1. The van der Waals surface area contributed by atoms with Gasteiger partial charge < -0.3 is 15.2 Å². The second-order valence-corrected chi connectivity index (χ2v) is 4.47. The number of hydrogen-bond acceptors (Lipinski definition) is 3. The molecule has 1 aliphatic carbocycles. The first-order valence-electron chi connectivity index (χ1n) is 6.30. The maximum atomic E-state index is 11.8. The Balaban J connectivity index is 2.43. The van der Waals surface area contributed by atoms with Gasteiger partial charge in [-0.25, -0.2) is 0 Å². The molecule has 0 radical (unpaired) electrons. The third-order valence-corrected chi connectivity index (χ3v) is 3.15. The summed E-state index contributed by atoms with van der Waals surface area (Å²) >= 11 is 0. The monoisotopic (exact) mass is 238 g/mol. The molecule has 0 saturated carbocycles. The van der Waals surface area contributed by atoms with Crippen molar-refractivity contribution in [2.45, 2.75) is 39.0 Å². The standard InChI is InChI=1S/C13H21NO3/c1-2-3-6-9-14-12(15)10-7-4-5-8-11(10)13(16)17/h4-5,10-11H,2-3,6-9H2,1H3,(H,14,15)(H,16,17)/p-1/t10-,11+/m0/s1. The molecular formula is C13H20NO3-. The summed E-state index contributed by atoms with van der Waals surface area (Å²) < 4.78 is 0. The Morgan fingerprint density at radius 1 is 1.24 bits per heavy atom. The Bertz CT molecular complexity index is 299. The third kappa shape index (κ3) is 4.21. The van der Waals surface area contributed by atoms with E-state index in [2.05, 4.69) is 12.2 Å². The van der Waals surface area contributed by atoms with Gasteiger partial charge in [-0.3, -0.25) is 4.79 Å². The number of carboxylic acid groups (broad SMARTS) is 1. The zero-order valence-electron chi connectivity index (χ0n) is 10.3. The maximum Gasteiger partial charge on any atom is 0.224 e. The van der Waals surface area contributed by atoms with E-state index in [-0.39, 0.29) is 5.91 Å². The zero-order valence-corrected chi connectivity index (χ0v) is 10.3. The minimum atomic E-state index is -1.12. The maximum absolute atomic E-state index is 11.8. The fourth-order valence-corrected chi connectivity index (χ4v) is 2.08. The first kappa shape index (κ1) is 13.7. The second kappa shape index (κ2) is 7.09. The summed E-state index contributed by atoms with van der Waals surface area (Å²) in [6.07, 6.45) is 7.70. The van der Waals surface area contributed by atoms with Crippen LogP contribution < -0.4 is 10.4 Å². The lowest BCUT2D eigenvalue weighted by Gasteiger charge is -2.28. The predicted octanol–water partition coefficient (Wildman–Crippen LogP) is 0.625. The first-order chi connectivity index (χ1) is 8.16. The van der Waals surface area contributed by atoms with Crippen LogP contribution in [-0.2, 0) is 9.59 Å². The first-order valence-corrected chi connectivity index (χ1v) is 6.30. The van der Waals surface area contributed by atoms with Crippen molar-refractivity contribution < 1.29 is 14.7 Å². The summed E-state index contributed by atoms with van der Waals surface area (Å²) in [5.41, 5.74) is 0. The van der Waals surface area contributed by atoms with Crippen LogP contribution in [0.4, 0.5) is 0 Å². The largest absolute Gasteiger partial charge is 0.550 e. The average molecular weight is 238 g/mol. The Labute approximate surface area is 102 Å². The summed E-state index contributed by atoms with van der Waals surface area (Å²) in [6, 6.07) is 0. The molecule has 4 nitrogen and oxygen atoms in total. The SMILES string of the molecule is CCCCCNC(=O)[C@H]1CC=CC[C@H]1C(=O)[O-]. The van der Waals surface area contributed by atoms with Crippen LogP contribution in [0.3, 0.4) is 0 Å². The molecule has 0 spiro atoms. The molecule has 96 valence electrons. The number of unbranched alkanes of at least 4 members (excludes halogenated alkanes) is 2. The van der Waals surface area contributed by atoms with Crippen LogP contribution in [0.1, 0.15) is 39.0 Å². The van der Waals surface area contributed by atoms with E-state index in [9.17, 15) is 14.7 Å². The van der Waals surface area contributed by atoms with E-state index < -0.39 is 17.8 Å². The molecule has 0 aliphatic heterocycles. The van der Waals surface area contributed by atoms with E-state index in [4.69, 9.17) is 0 Å². The van der Waals surface area contributed by atoms with Gasteiger partial charge in [0, 0.05) is 24.3 Å². The average Bonchev–Trinajstić information content (AvgIpc) is 2.34. The molecule has 0 aromatic heterocycles. The van der Waals surface area contributed by atoms with Crippen molar-refractivity contribution in [2.24, 2.45) is 11.8 Å². The smallest absolute Gasteiger partial charge is 0.224 e. The number of hydrogen-bond donors (Lipinski definition) is 1. The molecule has 1 amide bonds. The van der Waals surface area contributed by atoms with Crippen molar-refractivity contribution in [2.75, 3.05) is 6.54 Å². The lowest BCUT2D eigenvalue weighted by molar-refractivity contribution is -0.313. The summed E-state index contributed by atoms with van der Waals surface area (Å²) in [5, 5.41) is 13.7. The fraction of sp³-hybridized carbons (Fsp3) is 0.692. The number of carbonyl (C=O) groups excluding carboxylic acids is 2. The van der Waals surface area contributed by atoms with Gasteiger partial charge in [0.25, 0.3) is 0 Å². The highest BCUT2D eigenvalue weighted by molar-refractivity contribution is 5.84. The minimum Gasteiger partial charge on any atom is -0.550 e. The van der Waals surface area contributed by atoms with Gasteiger partial charge in [0.2, 0.25) is 5.91 Å². The second-order valence-electron chi connectivity index (χ2n) is 4.47. The number of allylic oxidation sites excluding steroid dienone is 2. The number of nitrogens with one attached hydrogen (secondary N) is 1. The lowest BCUT2D eigenvalue weighted by Crippen LogP contribution is -2.43. The van der Waals surface area contributed by atoms with Crippen molar-refractivity contribution in [1.82, 2.24) is 5.32 Å². The summed E-state index contributed by atoms with van der Waals surface area (Å²) in [7, 11) is 0. The summed E-state index contributed by atoms with van der Waals surface area (Å²) in [6.45, 7) is 2.73. The molecule has 4 heteroatoms. The van der Waals surface area contributed by atoms with Gasteiger partial charge in [-0.15, -0.1) is 0 Å². The van der Waals surface area contributed by atoms with Gasteiger partial charge in [0.1, 0.15) is 0 Å². The number of carboxylic acids is 1. The van der Waals surface area contributed by atoms with E-state index in [1.54, 1.807) is 6.08 Å². The van der Waals surface area contributed by atoms with Crippen LogP contribution >= 0.6 is 0 Å². The van der Waals surface area contributed by atoms with Gasteiger partial charge in [0.05, 0.1) is 0 Å². The summed E-state index contributed by atoms with van der Waals surface area (Å²) in [4.78, 5) is 22.8. The van der Waals surface area contributed by atoms with Crippen molar-refractivity contribution in [3.05, 3.63) is 12.2 Å². The molecule has 0 unspecified atom stereocenters. The Morgan fingerprint density at radius 2 is 1.88 bits per heavy atom. The topological polar surface area (TPSA) is 69.2 Å². The Morgan fingerprint density at radius 3 is 2.47 bits per heavy atom. The van der Waals surface area contributed by atoms with Crippen molar-refractivity contribution in [1.29, 1.82) is 0 Å². The summed E-state index contributed by atoms with van der Waals surface area (Å²) in [5.74, 6) is -2.42. The molecule has 2 atom stereocenters. The van der Waals surface area contributed by atoms with E-state index >= 15 is 0 Å². The zero-order chi connectivity index (χ0) is 12.7. The number of rotatable bonds is 6. The normalized spacial score (nSPS) is 23.4. The molecule has 0 heterocycles. The van der Waals surface area contributed by atoms with E-state index in [0.29, 0.717) is 19.4 Å². The molecular weight excluding hydrogens is 218 g/mol. The van der Waals surface area contributed by atoms with E-state index in [1.165, 1.54) is 0 Å². The van der Waals surface area contributed by atoms with Gasteiger partial charge >= 0.3 is 0 Å². The number of aliphatic carboxylic acids is 1. The molecule has 1 aliphatic rings. The minimum absolute atomic E-state index is 0.153. The highest BCUT2D eigenvalue weighted by Gasteiger charge is 2.29. The fourth-order valence-electron chi connectivity index (χ4n) is 2.08. The van der Waals surface area contributed by atoms with Crippen molar-refractivity contribution in [3.8, 4) is 0 Å². The van der Waals surface area contributed by atoms with Crippen LogP contribution in [-0.4, -0.2) is 18.4 Å². The molecule has 17 heavy (non-hydrogen) atoms. The van der Waals surface area contributed by atoms with Crippen LogP contribution in [0.2, 0.25) is 0 Å². The van der Waals surface area contributed by atoms with Gasteiger partial charge in [0.15, 0.2) is 0 Å². The molecule has 0 bridgehead atoms. The van der Waals surface area contributed by atoms with E-state index in [0.717, 1.165) is 19.3 Å². The molecule has 0 fully saturated rings. The van der Waals surface area contributed by atoms with Crippen LogP contribution in [0.5, 0.6) is 0 Å². The quantitative estimate of drug-likeness (QED) is 0.545. The molecule has 0 saturated heterocycles. The highest BCUT2D eigenvalue weighted by Crippen LogP contribution is 2.25. The highest BCUT2D eigenvalue weighted by atomic mass is 16.4. The van der Waals surface area contributed by atoms with Crippen LogP contribution in [0.25, 0.3) is 0 Å². The Hall–Kier alpha value is -1.32. The number of carbonyl (C=O) groups is 2. The lowest BCUT2D eigenvalue weighted by atomic mass is 9.82. The molecule has 1 rings (SSSR count). The van der Waals surface area contributed by atoms with Gasteiger partial charge in [-0.05, 0) is 19.3 Å². The van der Waals surface area contributed by atoms with Crippen LogP contribution in [0.15, 0.2) is 12.2 Å². The molecule has 1 N–H and O–H groups in total. The Kier molecular flexibility index (Phi) is 5.73. The molecule has 0 aromatic carbocycles. The predicted molar refractivity (Wildman–Crippen MR) is 62.9 cm³/mol. The van der Waals surface area contributed by atoms with Crippen molar-refractivity contribution >= 4 is 11.9 Å². The van der Waals surface area contributed by atoms with Gasteiger partial charge in [-0.1, -0.05) is 31.9 Å². The van der Waals surface area contributed by atoms with Crippen LogP contribution in [0, 0.1) is 11.8 Å². The third-order valence-electron chi connectivity index (χ3n) is 3.15.